The van der Waals surface area contributed by atoms with Gasteiger partial charge in [-0.15, -0.1) is 5.11 Å². The number of amides is 1. The van der Waals surface area contributed by atoms with Crippen LogP contribution in [0.3, 0.4) is 0 Å². The number of anilines is 1. The van der Waals surface area contributed by atoms with Crippen LogP contribution in [0.25, 0.3) is 15.9 Å². The summed E-state index contributed by atoms with van der Waals surface area (Å²) in [5.41, 5.74) is 5.43. The lowest BCUT2D eigenvalue weighted by atomic mass is 9.80. The number of ether oxygens (including phenoxy) is 4. The molecule has 4 unspecified atom stereocenters. The third-order valence-electron chi connectivity index (χ3n) is 14.2. The Morgan fingerprint density at radius 3 is 2.14 bits per heavy atom. The van der Waals surface area contributed by atoms with Crippen molar-refractivity contribution in [3.8, 4) is 11.5 Å². The zero-order valence-corrected chi connectivity index (χ0v) is 50.7. The summed E-state index contributed by atoms with van der Waals surface area (Å²) in [5.74, 6) is 2.24. The first-order valence-corrected chi connectivity index (χ1v) is 29.2. The highest BCUT2D eigenvalue weighted by Crippen LogP contribution is 2.51. The minimum atomic E-state index is -1.74. The van der Waals surface area contributed by atoms with Crippen molar-refractivity contribution in [2.75, 3.05) is 66.1 Å². The van der Waals surface area contributed by atoms with Crippen molar-refractivity contribution in [2.45, 2.75) is 97.6 Å². The Morgan fingerprint density at radius 1 is 0.904 bits per heavy atom. The number of azo groups is 1. The van der Waals surface area contributed by atoms with E-state index in [1.54, 1.807) is 18.9 Å². The number of likely N-dealkylation sites (N-methyl/N-ethyl adjacent to an activating group) is 1. The Bertz CT molecular complexity index is 3300. The van der Waals surface area contributed by atoms with E-state index in [9.17, 15) is 4.79 Å². The molecule has 1 aliphatic heterocycles. The molecule has 0 spiro atoms. The van der Waals surface area contributed by atoms with Crippen LogP contribution in [0, 0.1) is 13.5 Å². The van der Waals surface area contributed by atoms with E-state index < -0.39 is 32.6 Å². The van der Waals surface area contributed by atoms with E-state index in [1.807, 2.05) is 154 Å². The number of hydrogen-bond acceptors (Lipinski definition) is 15. The highest BCUT2D eigenvalue weighted by Gasteiger charge is 2.46. The average Bonchev–Trinajstić information content (AvgIpc) is 4.25. The van der Waals surface area contributed by atoms with E-state index in [0.717, 1.165) is 27.9 Å². The number of halogens is 1. The van der Waals surface area contributed by atoms with Gasteiger partial charge >= 0.3 is 0 Å². The fourth-order valence-electron chi connectivity index (χ4n) is 9.82. The molecule has 8 rings (SSSR count). The van der Waals surface area contributed by atoms with Crippen LogP contribution in [-0.2, 0) is 35.5 Å². The van der Waals surface area contributed by atoms with Crippen molar-refractivity contribution in [1.29, 1.82) is 0 Å². The van der Waals surface area contributed by atoms with Crippen molar-refractivity contribution in [3.05, 3.63) is 172 Å². The van der Waals surface area contributed by atoms with Crippen molar-refractivity contribution < 1.29 is 32.8 Å². The highest BCUT2D eigenvalue weighted by molar-refractivity contribution is 7.44. The lowest BCUT2D eigenvalue weighted by Gasteiger charge is -2.39. The van der Waals surface area contributed by atoms with E-state index >= 15 is 0 Å². The first-order valence-electron chi connectivity index (χ1n) is 27.7. The van der Waals surface area contributed by atoms with Crippen LogP contribution in [0.1, 0.15) is 82.1 Å². The second kappa shape index (κ2) is 28.7. The summed E-state index contributed by atoms with van der Waals surface area (Å²) < 4.78 is 43.7. The summed E-state index contributed by atoms with van der Waals surface area (Å²) in [6.07, 6.45) is -0.380. The summed E-state index contributed by atoms with van der Waals surface area (Å²) in [7, 11) is 5.36. The molecule has 4 atom stereocenters. The monoisotopic (exact) mass is 1160 g/mol. The van der Waals surface area contributed by atoms with Crippen LogP contribution in [0.4, 0.5) is 22.9 Å². The quantitative estimate of drug-likeness (QED) is 0.0103. The molecule has 3 heterocycles. The molecule has 21 heteroatoms. The molecule has 0 bridgehead atoms. The summed E-state index contributed by atoms with van der Waals surface area (Å²) >= 11 is 6.40. The number of amidine groups is 1. The van der Waals surface area contributed by atoms with Gasteiger partial charge in [0.15, 0.2) is 17.7 Å². The van der Waals surface area contributed by atoms with Crippen LogP contribution in [0.5, 0.6) is 11.5 Å². The molecule has 2 aromatic heterocycles. The summed E-state index contributed by atoms with van der Waals surface area (Å²) in [4.78, 5) is 35.9. The van der Waals surface area contributed by atoms with Crippen LogP contribution in [0.2, 0.25) is 5.02 Å². The van der Waals surface area contributed by atoms with Crippen molar-refractivity contribution in [2.24, 2.45) is 15.2 Å². The molecule has 5 aromatic carbocycles. The lowest BCUT2D eigenvalue weighted by Crippen LogP contribution is -2.39. The van der Waals surface area contributed by atoms with Gasteiger partial charge in [0.2, 0.25) is 12.5 Å². The van der Waals surface area contributed by atoms with Gasteiger partial charge in [0, 0.05) is 44.8 Å². The Balaban J connectivity index is 1.15. The number of aliphatic imine (C=N–C) groups is 1. The number of carbonyl (C=O) groups excluding carboxylic acids is 1. The Kier molecular flexibility index (Phi) is 21.3. The number of aromatic nitrogens is 4. The number of nitrogens with zero attached hydrogens (tertiary/aromatic N) is 11. The molecule has 83 heavy (non-hydrogen) atoms. The Hall–Kier alpha value is -7.40. The molecule has 1 amide bonds. The molecule has 19 nitrogen and oxygen atoms in total. The van der Waals surface area contributed by atoms with Crippen LogP contribution in [0.15, 0.2) is 143 Å². The number of carbonyl (C=O) groups is 1. The summed E-state index contributed by atoms with van der Waals surface area (Å²) in [6, 6.07) is 39.0. The van der Waals surface area contributed by atoms with E-state index in [1.165, 1.54) is 6.33 Å². The van der Waals surface area contributed by atoms with Crippen LogP contribution in [-0.4, -0.2) is 127 Å². The van der Waals surface area contributed by atoms with Gasteiger partial charge in [-0.25, -0.2) is 30.9 Å². The van der Waals surface area contributed by atoms with Crippen LogP contribution >= 0.6 is 20.1 Å². The minimum Gasteiger partial charge on any atom is -0.497 e. The Morgan fingerprint density at radius 2 is 1.55 bits per heavy atom. The van der Waals surface area contributed by atoms with Gasteiger partial charge in [0.1, 0.15) is 47.7 Å². The summed E-state index contributed by atoms with van der Waals surface area (Å²) in [6.45, 7) is 22.9. The topological polar surface area (TPSA) is 179 Å². The van der Waals surface area contributed by atoms with Crippen molar-refractivity contribution in [3.63, 3.8) is 0 Å². The van der Waals surface area contributed by atoms with Gasteiger partial charge in [-0.2, -0.15) is 10.2 Å². The van der Waals surface area contributed by atoms with E-state index in [2.05, 4.69) is 69.9 Å². The number of hydrogen-bond donors (Lipinski definition) is 1. The van der Waals surface area contributed by atoms with Crippen molar-refractivity contribution in [1.82, 2.24) is 34.6 Å². The average molecular weight is 1170 g/mol. The fourth-order valence-corrected chi connectivity index (χ4v) is 11.8. The molecule has 0 saturated carbocycles. The van der Waals surface area contributed by atoms with Gasteiger partial charge in [0.05, 0.1) is 61.8 Å². The molecule has 1 saturated heterocycles. The van der Waals surface area contributed by atoms with E-state index in [4.69, 9.17) is 61.2 Å². The third-order valence-corrected chi connectivity index (χ3v) is 16.6. The number of aryl methyl sites for hydroxylation is 1. The molecule has 0 aliphatic carbocycles. The summed E-state index contributed by atoms with van der Waals surface area (Å²) in [5, 5.41) is 18.2. The second-order valence-corrected chi connectivity index (χ2v) is 22.5. The molecular weight excluding hydrogens is 1090 g/mol. The number of fused-ring (bicyclic) bond motifs is 1. The molecule has 1 fully saturated rings. The molecule has 7 aromatic rings. The van der Waals surface area contributed by atoms with Gasteiger partial charge in [-0.05, 0) is 131 Å². The third kappa shape index (κ3) is 14.9. The van der Waals surface area contributed by atoms with Gasteiger partial charge in [-0.1, -0.05) is 72.3 Å². The molecule has 1 aliphatic rings. The van der Waals surface area contributed by atoms with Crippen LogP contribution < -0.4 is 19.7 Å². The van der Waals surface area contributed by atoms with Gasteiger partial charge < -0.3 is 48.0 Å². The molecule has 1 N–H and O–H groups in total. The van der Waals surface area contributed by atoms with E-state index in [-0.39, 0.29) is 50.8 Å². The SMILES string of the molecule is [C-]#[N+]CCOP(OC1CC(n2nc(CNC(=O)CN(CC)c3ccc(N=Nc4ccc(C)cc4Cl)cc3)c3c(/N=C(/C)N(C)C)ncnc32)OC1COC(c1ccccc1)(c1ccc(OC)cc1)c1ccc(OC)cc1)N(C(C)C)C(C)C. The second-order valence-electron chi connectivity index (χ2n) is 20.6. The zero-order chi connectivity index (χ0) is 59.2. The maximum Gasteiger partial charge on any atom is 0.259 e. The zero-order valence-electron chi connectivity index (χ0n) is 49.1. The predicted molar refractivity (Wildman–Crippen MR) is 326 cm³/mol. The smallest absolute Gasteiger partial charge is 0.259 e. The van der Waals surface area contributed by atoms with E-state index in [0.29, 0.717) is 69.2 Å². The normalized spacial score (nSPS) is 16.0. The molecule has 0 radical (unpaired) electrons. The predicted octanol–water partition coefficient (Wildman–Crippen LogP) is 12.9. The number of benzene rings is 5. The fraction of sp³-hybridized carbons (Fsp3) is 0.387. The van der Waals surface area contributed by atoms with Crippen molar-refractivity contribution >= 4 is 65.8 Å². The number of nitrogens with one attached hydrogen (secondary N) is 1. The highest BCUT2D eigenvalue weighted by atomic mass is 35.5. The number of methoxy groups -OCH3 is 2. The first kappa shape index (κ1) is 61.7. The number of rotatable bonds is 26. The largest absolute Gasteiger partial charge is 0.497 e. The standard InChI is InChI=1S/C62H74ClN12O7P/c1-13-73(49-26-24-48(25-27-49)69-70-53-32-19-43(6)35-52(53)63)38-57(76)65-37-54-59-60(68-44(7)72(9)10)66-40-67-61(59)74(71-54)58-36-55(82-83(80-34-33-64-8)75(41(2)3)42(4)5)56(81-58)39-79-62(45-17-15-14-16-18-45,46-20-28-50(77-11)29-21-46)47-22-30-51(78-12)31-23-47/h14-32,35,40-42,55-56,58H,13,33-34,36-39H2,1-7,9-12H3,(H,65,76)/b68-44-,70-69?. The lowest BCUT2D eigenvalue weighted by molar-refractivity contribution is -0.119. The van der Waals surface area contributed by atoms with Gasteiger partial charge in [0.25, 0.3) is 8.53 Å². The van der Waals surface area contributed by atoms with Gasteiger partial charge in [-0.3, -0.25) is 4.79 Å². The minimum absolute atomic E-state index is 0.0259. The maximum atomic E-state index is 14.1. The molecule has 436 valence electrons. The molecular formula is C62H74ClN12O7P. The Labute approximate surface area is 493 Å². The first-order chi connectivity index (χ1) is 40.1. The maximum absolute atomic E-state index is 14.1.